The molecule has 0 fully saturated rings. The lowest BCUT2D eigenvalue weighted by Gasteiger charge is -2.53. The Morgan fingerprint density at radius 2 is 1.43 bits per heavy atom. The molecule has 46 heavy (non-hydrogen) atoms. The molecule has 0 saturated heterocycles. The van der Waals surface area contributed by atoms with Crippen molar-refractivity contribution in [2.45, 2.75) is 133 Å². The number of rotatable bonds is 16. The van der Waals surface area contributed by atoms with Crippen molar-refractivity contribution < 1.29 is 30.0 Å². The third-order valence-electron chi connectivity index (χ3n) is 9.44. The van der Waals surface area contributed by atoms with Crippen LogP contribution in [0.5, 0.6) is 0 Å². The van der Waals surface area contributed by atoms with Crippen LogP contribution in [0.4, 0.5) is 0 Å². The third kappa shape index (κ3) is 15.6. The number of nitroso groups, excluding NO2 is 1. The lowest BCUT2D eigenvalue weighted by Crippen LogP contribution is -2.49. The molecule has 1 rings (SSSR count). The highest BCUT2D eigenvalue weighted by Crippen LogP contribution is 2.59. The number of aliphatic hydroxyl groups excluding tert-OH is 4. The molecule has 5 atom stereocenters. The molecular formula is C37H69NO7S. The standard InChI is InChI=1S/C29H50O3.C7H15NO3S.CH4O/c1-21(30)19-32-24(31)29(12,26(5,6)7)20-27(8,9)28(10,11)23(18-25(2,3)4)22-16-14-13-15-17-22;1-2-6(8-11)4-12-5-7(10)3-9;1-2/h13-17,21,23,30H,18-20H2,1-12H3;6-7,9-10H,2-5H2,1H3;2H,1H3. The van der Waals surface area contributed by atoms with Crippen LogP contribution >= 0.6 is 11.8 Å². The minimum Gasteiger partial charge on any atom is -0.463 e. The molecule has 1 aromatic carbocycles. The van der Waals surface area contributed by atoms with Crippen molar-refractivity contribution >= 4 is 17.7 Å². The van der Waals surface area contributed by atoms with E-state index in [2.05, 4.69) is 105 Å². The molecule has 1 aromatic rings. The maximum absolute atomic E-state index is 13.4. The van der Waals surface area contributed by atoms with Gasteiger partial charge >= 0.3 is 5.97 Å². The fourth-order valence-electron chi connectivity index (χ4n) is 5.29. The van der Waals surface area contributed by atoms with E-state index in [1.165, 1.54) is 17.3 Å². The van der Waals surface area contributed by atoms with Crippen molar-refractivity contribution in [3.63, 3.8) is 0 Å². The van der Waals surface area contributed by atoms with Crippen molar-refractivity contribution in [1.29, 1.82) is 0 Å². The van der Waals surface area contributed by atoms with E-state index < -0.39 is 17.6 Å². The zero-order chi connectivity index (χ0) is 36.6. The van der Waals surface area contributed by atoms with Crippen molar-refractivity contribution in [1.82, 2.24) is 0 Å². The molecule has 0 aliphatic carbocycles. The van der Waals surface area contributed by atoms with Crippen LogP contribution in [0.3, 0.4) is 0 Å². The second-order valence-electron chi connectivity index (χ2n) is 16.1. The number of hydrogen-bond donors (Lipinski definition) is 4. The summed E-state index contributed by atoms with van der Waals surface area (Å²) in [5.41, 5.74) is 0.309. The van der Waals surface area contributed by atoms with Crippen molar-refractivity contribution in [2.24, 2.45) is 32.3 Å². The van der Waals surface area contributed by atoms with Crippen LogP contribution in [0.25, 0.3) is 0 Å². The molecule has 0 heterocycles. The number of carbonyl (C=O) groups excluding carboxylic acids is 1. The predicted molar refractivity (Wildman–Crippen MR) is 194 cm³/mol. The zero-order valence-corrected chi connectivity index (χ0v) is 32.3. The highest BCUT2D eigenvalue weighted by molar-refractivity contribution is 7.99. The summed E-state index contributed by atoms with van der Waals surface area (Å²) in [6.07, 6.45) is 1.14. The van der Waals surface area contributed by atoms with E-state index in [0.29, 0.717) is 23.8 Å². The van der Waals surface area contributed by atoms with Crippen molar-refractivity contribution in [3.8, 4) is 0 Å². The number of aliphatic hydroxyl groups is 4. The molecule has 0 spiro atoms. The van der Waals surface area contributed by atoms with Gasteiger partial charge in [-0.2, -0.15) is 16.7 Å². The smallest absolute Gasteiger partial charge is 0.312 e. The lowest BCUT2D eigenvalue weighted by molar-refractivity contribution is -0.170. The Balaban J connectivity index is 0. The van der Waals surface area contributed by atoms with E-state index in [1.807, 2.05) is 13.8 Å². The first kappa shape index (κ1) is 46.6. The number of thioether (sulfide) groups is 1. The second-order valence-corrected chi connectivity index (χ2v) is 17.2. The van der Waals surface area contributed by atoms with Crippen LogP contribution < -0.4 is 0 Å². The van der Waals surface area contributed by atoms with Crippen LogP contribution in [-0.4, -0.2) is 76.5 Å². The molecule has 4 N–H and O–H groups in total. The minimum absolute atomic E-state index is 0.0327. The summed E-state index contributed by atoms with van der Waals surface area (Å²) in [4.78, 5) is 23.5. The van der Waals surface area contributed by atoms with E-state index >= 15 is 0 Å². The molecule has 270 valence electrons. The van der Waals surface area contributed by atoms with Gasteiger partial charge in [0.2, 0.25) is 0 Å². The molecule has 0 aliphatic rings. The SMILES string of the molecule is CC(O)COC(=O)C(C)(CC(C)(C)C(C)(C)C(CC(C)(C)C)c1ccccc1)C(C)(C)C.CCC(CSCC(O)CO)N=O.CO. The van der Waals surface area contributed by atoms with Gasteiger partial charge in [0.25, 0.3) is 0 Å². The second kappa shape index (κ2) is 20.8. The number of hydrogen-bond acceptors (Lipinski definition) is 9. The summed E-state index contributed by atoms with van der Waals surface area (Å²) in [7, 11) is 1.00. The van der Waals surface area contributed by atoms with Gasteiger partial charge < -0.3 is 25.2 Å². The fraction of sp³-hybridized carbons (Fsp3) is 0.811. The van der Waals surface area contributed by atoms with Gasteiger partial charge in [0.1, 0.15) is 12.6 Å². The predicted octanol–water partition coefficient (Wildman–Crippen LogP) is 7.85. The summed E-state index contributed by atoms with van der Waals surface area (Å²) < 4.78 is 5.59. The summed E-state index contributed by atoms with van der Waals surface area (Å²) in [6, 6.07) is 10.6. The van der Waals surface area contributed by atoms with Crippen molar-refractivity contribution in [3.05, 3.63) is 40.8 Å². The largest absolute Gasteiger partial charge is 0.463 e. The van der Waals surface area contributed by atoms with E-state index in [4.69, 9.17) is 20.1 Å². The Kier molecular flexibility index (Phi) is 21.0. The molecule has 8 nitrogen and oxygen atoms in total. The molecule has 0 aliphatic heterocycles. The molecule has 9 heteroatoms. The molecule has 0 radical (unpaired) electrons. The summed E-state index contributed by atoms with van der Waals surface area (Å²) in [6.45, 7) is 28.0. The van der Waals surface area contributed by atoms with Crippen LogP contribution in [0.15, 0.2) is 35.5 Å². The topological polar surface area (TPSA) is 137 Å². The molecule has 0 amide bonds. The molecular weight excluding hydrogens is 602 g/mol. The van der Waals surface area contributed by atoms with Crippen LogP contribution in [0, 0.1) is 32.0 Å². The van der Waals surface area contributed by atoms with Gasteiger partial charge in [-0.15, -0.1) is 0 Å². The molecule has 0 aromatic heterocycles. The zero-order valence-electron chi connectivity index (χ0n) is 31.5. The lowest BCUT2D eigenvalue weighted by atomic mass is 9.50. The number of nitrogens with zero attached hydrogens (tertiary/aromatic N) is 1. The number of carbonyl (C=O) groups is 1. The monoisotopic (exact) mass is 671 g/mol. The van der Waals surface area contributed by atoms with Gasteiger partial charge in [-0.3, -0.25) is 4.79 Å². The number of esters is 1. The number of benzene rings is 1. The van der Waals surface area contributed by atoms with Crippen LogP contribution in [0.2, 0.25) is 0 Å². The Morgan fingerprint density at radius 3 is 1.83 bits per heavy atom. The average Bonchev–Trinajstić information content (AvgIpc) is 2.97. The fourth-order valence-corrected chi connectivity index (χ4v) is 6.37. The quantitative estimate of drug-likeness (QED) is 0.103. The summed E-state index contributed by atoms with van der Waals surface area (Å²) in [5.74, 6) is 1.21. The first-order valence-corrected chi connectivity index (χ1v) is 17.7. The number of ether oxygens (including phenoxy) is 1. The van der Waals surface area contributed by atoms with Crippen LogP contribution in [-0.2, 0) is 9.53 Å². The first-order chi connectivity index (χ1) is 21.0. The van der Waals surface area contributed by atoms with E-state index in [0.717, 1.165) is 20.0 Å². The van der Waals surface area contributed by atoms with Gasteiger partial charge in [0.15, 0.2) is 0 Å². The molecule has 5 unspecified atom stereocenters. The average molecular weight is 672 g/mol. The summed E-state index contributed by atoms with van der Waals surface area (Å²) in [5, 5.41) is 37.0. The van der Waals surface area contributed by atoms with Gasteiger partial charge in [0.05, 0.1) is 24.2 Å². The van der Waals surface area contributed by atoms with E-state index in [1.54, 1.807) is 6.92 Å². The Labute approximate surface area is 285 Å². The van der Waals surface area contributed by atoms with Gasteiger partial charge in [-0.25, -0.2) is 0 Å². The van der Waals surface area contributed by atoms with Gasteiger partial charge in [-0.05, 0) is 66.3 Å². The minimum atomic E-state index is -0.689. The third-order valence-corrected chi connectivity index (χ3v) is 10.7. The Hall–Kier alpha value is -1.52. The Morgan fingerprint density at radius 1 is 0.913 bits per heavy atom. The highest BCUT2D eigenvalue weighted by Gasteiger charge is 2.54. The molecule has 0 saturated carbocycles. The normalized spacial score (nSPS) is 16.3. The Bertz CT molecular complexity index is 970. The highest BCUT2D eigenvalue weighted by atomic mass is 32.2. The maximum atomic E-state index is 13.4. The maximum Gasteiger partial charge on any atom is 0.312 e. The van der Waals surface area contributed by atoms with Gasteiger partial charge in [0, 0.05) is 18.6 Å². The van der Waals surface area contributed by atoms with Crippen molar-refractivity contribution in [2.75, 3.05) is 31.8 Å². The first-order valence-electron chi connectivity index (χ1n) is 16.5. The molecule has 0 bridgehead atoms. The summed E-state index contributed by atoms with van der Waals surface area (Å²) >= 11 is 1.44. The van der Waals surface area contributed by atoms with Gasteiger partial charge in [-0.1, -0.05) is 112 Å². The van der Waals surface area contributed by atoms with E-state index in [9.17, 15) is 14.8 Å². The van der Waals surface area contributed by atoms with Crippen LogP contribution in [0.1, 0.15) is 121 Å². The van der Waals surface area contributed by atoms with E-state index in [-0.39, 0.29) is 46.9 Å².